The standard InChI is InChI=1S/C22H21N7/c1-14(2)12-29-13-17(10-25-29)20-11-24-22-21(26-20)19(27-28-22)9-15-5-6-18-16(8-15)4-3-7-23-18/h3-8,10-11,13-14,19H,9,12H2,1-2H3. The van der Waals surface area contributed by atoms with E-state index in [1.165, 1.54) is 5.56 Å². The van der Waals surface area contributed by atoms with Gasteiger partial charge in [0, 0.05) is 36.3 Å². The van der Waals surface area contributed by atoms with Crippen molar-refractivity contribution in [2.75, 3.05) is 0 Å². The maximum absolute atomic E-state index is 4.84. The molecule has 1 unspecified atom stereocenters. The molecule has 4 heterocycles. The highest BCUT2D eigenvalue weighted by Gasteiger charge is 2.25. The maximum Gasteiger partial charge on any atom is 0.198 e. The number of benzene rings is 1. The summed E-state index contributed by atoms with van der Waals surface area (Å²) in [5, 5.41) is 14.2. The Balaban J connectivity index is 1.41. The minimum atomic E-state index is -0.128. The molecule has 7 nitrogen and oxygen atoms in total. The van der Waals surface area contributed by atoms with E-state index in [9.17, 15) is 0 Å². The fraction of sp³-hybridized carbons (Fsp3) is 0.273. The molecular weight excluding hydrogens is 362 g/mol. The van der Waals surface area contributed by atoms with Crippen molar-refractivity contribution >= 4 is 16.7 Å². The lowest BCUT2D eigenvalue weighted by Gasteiger charge is -2.09. The zero-order valence-corrected chi connectivity index (χ0v) is 16.4. The summed E-state index contributed by atoms with van der Waals surface area (Å²) < 4.78 is 1.95. The average Bonchev–Trinajstić information content (AvgIpc) is 3.34. The number of rotatable bonds is 5. The summed E-state index contributed by atoms with van der Waals surface area (Å²) in [4.78, 5) is 13.7. The summed E-state index contributed by atoms with van der Waals surface area (Å²) in [5.41, 5.74) is 4.76. The first-order valence-corrected chi connectivity index (χ1v) is 9.80. The van der Waals surface area contributed by atoms with Crippen molar-refractivity contribution < 1.29 is 0 Å². The number of hydrogen-bond donors (Lipinski definition) is 0. The summed E-state index contributed by atoms with van der Waals surface area (Å²) >= 11 is 0. The van der Waals surface area contributed by atoms with Gasteiger partial charge in [-0.1, -0.05) is 26.0 Å². The third-order valence-electron chi connectivity index (χ3n) is 4.96. The number of nitrogens with zero attached hydrogens (tertiary/aromatic N) is 7. The van der Waals surface area contributed by atoms with Gasteiger partial charge in [0.25, 0.3) is 0 Å². The van der Waals surface area contributed by atoms with Crippen LogP contribution in [0.15, 0.2) is 65.3 Å². The van der Waals surface area contributed by atoms with Crippen molar-refractivity contribution in [3.05, 3.63) is 66.4 Å². The van der Waals surface area contributed by atoms with Crippen LogP contribution in [0.5, 0.6) is 0 Å². The molecule has 0 N–H and O–H groups in total. The first kappa shape index (κ1) is 17.6. The van der Waals surface area contributed by atoms with E-state index in [0.717, 1.165) is 40.8 Å². The first-order valence-electron chi connectivity index (χ1n) is 9.80. The maximum atomic E-state index is 4.84. The second-order valence-corrected chi connectivity index (χ2v) is 7.77. The molecule has 1 aliphatic heterocycles. The van der Waals surface area contributed by atoms with Gasteiger partial charge >= 0.3 is 0 Å². The van der Waals surface area contributed by atoms with E-state index in [-0.39, 0.29) is 6.04 Å². The molecule has 0 saturated heterocycles. The van der Waals surface area contributed by atoms with Crippen LogP contribution in [0.3, 0.4) is 0 Å². The van der Waals surface area contributed by atoms with Crippen molar-refractivity contribution in [1.29, 1.82) is 0 Å². The fourth-order valence-corrected chi connectivity index (χ4v) is 3.60. The highest BCUT2D eigenvalue weighted by Crippen LogP contribution is 2.36. The molecule has 3 aromatic heterocycles. The van der Waals surface area contributed by atoms with E-state index >= 15 is 0 Å². The molecule has 0 amide bonds. The predicted molar refractivity (Wildman–Crippen MR) is 111 cm³/mol. The lowest BCUT2D eigenvalue weighted by atomic mass is 10.0. The zero-order valence-electron chi connectivity index (χ0n) is 16.4. The van der Waals surface area contributed by atoms with E-state index in [1.807, 2.05) is 35.4 Å². The van der Waals surface area contributed by atoms with Gasteiger partial charge in [-0.2, -0.15) is 10.2 Å². The molecule has 29 heavy (non-hydrogen) atoms. The van der Waals surface area contributed by atoms with Crippen LogP contribution in [0, 0.1) is 5.92 Å². The number of azo groups is 1. The van der Waals surface area contributed by atoms with Crippen molar-refractivity contribution in [2.45, 2.75) is 32.9 Å². The molecule has 0 radical (unpaired) electrons. The molecule has 0 saturated carbocycles. The summed E-state index contributed by atoms with van der Waals surface area (Å²) in [7, 11) is 0. The van der Waals surface area contributed by atoms with Crippen LogP contribution in [0.4, 0.5) is 5.82 Å². The molecule has 0 spiro atoms. The Morgan fingerprint density at radius 3 is 2.93 bits per heavy atom. The highest BCUT2D eigenvalue weighted by atomic mass is 15.3. The molecule has 4 aromatic rings. The van der Waals surface area contributed by atoms with Gasteiger partial charge in [-0.05, 0) is 29.7 Å². The molecule has 0 fully saturated rings. The van der Waals surface area contributed by atoms with Crippen LogP contribution in [-0.2, 0) is 13.0 Å². The molecule has 5 rings (SSSR count). The lowest BCUT2D eigenvalue weighted by Crippen LogP contribution is -2.04. The third-order valence-corrected chi connectivity index (χ3v) is 4.96. The van der Waals surface area contributed by atoms with Gasteiger partial charge in [-0.25, -0.2) is 9.97 Å². The number of hydrogen-bond acceptors (Lipinski definition) is 6. The van der Waals surface area contributed by atoms with Crippen molar-refractivity contribution in [2.24, 2.45) is 16.1 Å². The van der Waals surface area contributed by atoms with Gasteiger partial charge in [-0.3, -0.25) is 9.67 Å². The lowest BCUT2D eigenvalue weighted by molar-refractivity contribution is 0.483. The summed E-state index contributed by atoms with van der Waals surface area (Å²) in [5.74, 6) is 1.14. The molecular formula is C22H21N7. The molecule has 1 aromatic carbocycles. The summed E-state index contributed by atoms with van der Waals surface area (Å²) in [6.07, 6.45) is 8.15. The van der Waals surface area contributed by atoms with Gasteiger partial charge in [0.2, 0.25) is 0 Å². The van der Waals surface area contributed by atoms with Gasteiger partial charge in [0.1, 0.15) is 11.7 Å². The minimum absolute atomic E-state index is 0.128. The van der Waals surface area contributed by atoms with Crippen LogP contribution < -0.4 is 0 Å². The van der Waals surface area contributed by atoms with Gasteiger partial charge in [0.15, 0.2) is 5.82 Å². The van der Waals surface area contributed by atoms with E-state index in [0.29, 0.717) is 11.7 Å². The number of fused-ring (bicyclic) bond motifs is 2. The predicted octanol–water partition coefficient (Wildman–Crippen LogP) is 4.93. The molecule has 1 atom stereocenters. The Hall–Kier alpha value is -3.48. The van der Waals surface area contributed by atoms with Gasteiger partial charge in [-0.15, -0.1) is 5.11 Å². The van der Waals surface area contributed by atoms with E-state index in [1.54, 1.807) is 6.20 Å². The fourth-order valence-electron chi connectivity index (χ4n) is 3.60. The second kappa shape index (κ2) is 7.16. The van der Waals surface area contributed by atoms with Crippen molar-refractivity contribution in [1.82, 2.24) is 24.7 Å². The van der Waals surface area contributed by atoms with Crippen molar-refractivity contribution in [3.63, 3.8) is 0 Å². The van der Waals surface area contributed by atoms with Crippen LogP contribution in [-0.4, -0.2) is 24.7 Å². The van der Waals surface area contributed by atoms with Gasteiger partial charge < -0.3 is 0 Å². The van der Waals surface area contributed by atoms with Gasteiger partial charge in [0.05, 0.1) is 23.6 Å². The normalized spacial score (nSPS) is 15.3. The zero-order chi connectivity index (χ0) is 19.8. The molecule has 144 valence electrons. The van der Waals surface area contributed by atoms with E-state index < -0.39 is 0 Å². The van der Waals surface area contributed by atoms with Crippen molar-refractivity contribution in [3.8, 4) is 11.3 Å². The second-order valence-electron chi connectivity index (χ2n) is 7.77. The Morgan fingerprint density at radius 2 is 2.03 bits per heavy atom. The third kappa shape index (κ3) is 3.51. The first-order chi connectivity index (χ1) is 14.2. The topological polar surface area (TPSA) is 81.2 Å². The minimum Gasteiger partial charge on any atom is -0.272 e. The SMILES string of the molecule is CC(C)Cn1cc(-c2cnc3c(n2)C(Cc2ccc4ncccc4c2)N=N3)cn1. The summed E-state index contributed by atoms with van der Waals surface area (Å²) in [6.45, 7) is 5.22. The smallest absolute Gasteiger partial charge is 0.198 e. The highest BCUT2D eigenvalue weighted by molar-refractivity contribution is 5.78. The van der Waals surface area contributed by atoms with Crippen LogP contribution in [0.2, 0.25) is 0 Å². The largest absolute Gasteiger partial charge is 0.272 e. The van der Waals surface area contributed by atoms with Crippen LogP contribution >= 0.6 is 0 Å². The van der Waals surface area contributed by atoms with Crippen LogP contribution in [0.1, 0.15) is 31.1 Å². The summed E-state index contributed by atoms with van der Waals surface area (Å²) in [6, 6.07) is 10.2. The number of aromatic nitrogens is 5. The van der Waals surface area contributed by atoms with E-state index in [2.05, 4.69) is 57.3 Å². The molecule has 0 bridgehead atoms. The Morgan fingerprint density at radius 1 is 1.10 bits per heavy atom. The molecule has 0 aliphatic carbocycles. The quantitative estimate of drug-likeness (QED) is 0.489. The van der Waals surface area contributed by atoms with Crippen LogP contribution in [0.25, 0.3) is 22.2 Å². The molecule has 1 aliphatic rings. The molecule has 7 heteroatoms. The Bertz CT molecular complexity index is 1210. The number of pyridine rings is 1. The monoisotopic (exact) mass is 383 g/mol. The Kier molecular flexibility index (Phi) is 4.35. The van der Waals surface area contributed by atoms with E-state index in [4.69, 9.17) is 4.98 Å². The Labute approximate surface area is 168 Å². The average molecular weight is 383 g/mol.